The minimum absolute atomic E-state index is 0.143. The Morgan fingerprint density at radius 2 is 1.79 bits per heavy atom. The first-order chi connectivity index (χ1) is 9.10. The maximum absolute atomic E-state index is 13.3. The molecule has 0 bridgehead atoms. The van der Waals surface area contributed by atoms with Crippen molar-refractivity contribution >= 4 is 17.5 Å². The average molecular weight is 274 g/mol. The molecule has 3 heteroatoms. The highest BCUT2D eigenvalue weighted by molar-refractivity contribution is 7.99. The Labute approximate surface area is 116 Å². The number of halogens is 1. The minimum atomic E-state index is -0.374. The second-order valence-electron chi connectivity index (χ2n) is 4.30. The number of ketones is 1. The van der Waals surface area contributed by atoms with Gasteiger partial charge in [-0.25, -0.2) is 4.39 Å². The zero-order valence-electron chi connectivity index (χ0n) is 10.9. The molecule has 0 spiro atoms. The Hall–Kier alpha value is -1.61. The number of rotatable bonds is 4. The van der Waals surface area contributed by atoms with Gasteiger partial charge in [-0.1, -0.05) is 6.92 Å². The lowest BCUT2D eigenvalue weighted by molar-refractivity contribution is 0.103. The van der Waals surface area contributed by atoms with Gasteiger partial charge in [-0.3, -0.25) is 4.79 Å². The van der Waals surface area contributed by atoms with Crippen LogP contribution in [0.4, 0.5) is 4.39 Å². The van der Waals surface area contributed by atoms with Gasteiger partial charge in [-0.15, -0.1) is 11.8 Å². The molecule has 0 N–H and O–H groups in total. The van der Waals surface area contributed by atoms with E-state index in [1.54, 1.807) is 36.9 Å². The van der Waals surface area contributed by atoms with Gasteiger partial charge in [0.2, 0.25) is 0 Å². The van der Waals surface area contributed by atoms with E-state index in [1.165, 1.54) is 12.1 Å². The van der Waals surface area contributed by atoms with E-state index in [-0.39, 0.29) is 11.6 Å². The summed E-state index contributed by atoms with van der Waals surface area (Å²) in [7, 11) is 0. The zero-order chi connectivity index (χ0) is 13.8. The second-order valence-corrected chi connectivity index (χ2v) is 5.64. The lowest BCUT2D eigenvalue weighted by Gasteiger charge is -2.04. The summed E-state index contributed by atoms with van der Waals surface area (Å²) in [4.78, 5) is 13.4. The van der Waals surface area contributed by atoms with Crippen LogP contribution in [0.15, 0.2) is 47.4 Å². The Kier molecular flexibility index (Phi) is 4.38. The lowest BCUT2D eigenvalue weighted by Crippen LogP contribution is -2.02. The molecule has 0 radical (unpaired) electrons. The van der Waals surface area contributed by atoms with E-state index < -0.39 is 0 Å². The van der Waals surface area contributed by atoms with Crippen LogP contribution in [0, 0.1) is 12.7 Å². The van der Waals surface area contributed by atoms with Crippen molar-refractivity contribution in [3.8, 4) is 0 Å². The summed E-state index contributed by atoms with van der Waals surface area (Å²) < 4.78 is 13.3. The van der Waals surface area contributed by atoms with Crippen LogP contribution in [-0.2, 0) is 0 Å². The predicted octanol–water partition coefficient (Wildman–Crippen LogP) is 4.48. The third kappa shape index (κ3) is 3.44. The standard InChI is InChI=1S/C16H15FOS/c1-3-19-15-6-4-12(5-7-15)16(18)13-8-11(2)9-14(17)10-13/h4-10H,3H2,1-2H3. The third-order valence-electron chi connectivity index (χ3n) is 2.73. The Morgan fingerprint density at radius 1 is 1.11 bits per heavy atom. The van der Waals surface area contributed by atoms with Crippen molar-refractivity contribution in [2.75, 3.05) is 5.75 Å². The quantitative estimate of drug-likeness (QED) is 0.604. The van der Waals surface area contributed by atoms with Gasteiger partial charge in [0, 0.05) is 16.0 Å². The van der Waals surface area contributed by atoms with Crippen LogP contribution < -0.4 is 0 Å². The van der Waals surface area contributed by atoms with E-state index in [9.17, 15) is 9.18 Å². The van der Waals surface area contributed by atoms with Crippen LogP contribution in [0.2, 0.25) is 0 Å². The fourth-order valence-electron chi connectivity index (χ4n) is 1.90. The summed E-state index contributed by atoms with van der Waals surface area (Å²) >= 11 is 1.73. The number of carbonyl (C=O) groups excluding carboxylic acids is 1. The Balaban J connectivity index is 2.28. The number of carbonyl (C=O) groups is 1. The molecule has 0 heterocycles. The number of aryl methyl sites for hydroxylation is 1. The number of thioether (sulfide) groups is 1. The molecular weight excluding hydrogens is 259 g/mol. The van der Waals surface area contributed by atoms with E-state index in [1.807, 2.05) is 12.1 Å². The van der Waals surface area contributed by atoms with Crippen molar-refractivity contribution < 1.29 is 9.18 Å². The van der Waals surface area contributed by atoms with Crippen LogP contribution in [-0.4, -0.2) is 11.5 Å². The van der Waals surface area contributed by atoms with Crippen molar-refractivity contribution in [3.05, 3.63) is 65.0 Å². The van der Waals surface area contributed by atoms with Crippen molar-refractivity contribution in [2.24, 2.45) is 0 Å². The molecule has 0 aromatic heterocycles. The van der Waals surface area contributed by atoms with Gasteiger partial charge >= 0.3 is 0 Å². The highest BCUT2D eigenvalue weighted by Crippen LogP contribution is 2.20. The van der Waals surface area contributed by atoms with E-state index >= 15 is 0 Å². The highest BCUT2D eigenvalue weighted by Gasteiger charge is 2.10. The van der Waals surface area contributed by atoms with E-state index in [2.05, 4.69) is 6.92 Å². The molecule has 0 fully saturated rings. The van der Waals surface area contributed by atoms with Crippen molar-refractivity contribution in [2.45, 2.75) is 18.7 Å². The Morgan fingerprint density at radius 3 is 2.37 bits per heavy atom. The number of hydrogen-bond donors (Lipinski definition) is 0. The summed E-state index contributed by atoms with van der Waals surface area (Å²) in [6, 6.07) is 11.8. The molecule has 0 unspecified atom stereocenters. The van der Waals surface area contributed by atoms with Crippen LogP contribution in [0.1, 0.15) is 28.4 Å². The number of benzene rings is 2. The SMILES string of the molecule is CCSc1ccc(C(=O)c2cc(C)cc(F)c2)cc1. The fraction of sp³-hybridized carbons (Fsp3) is 0.188. The van der Waals surface area contributed by atoms with E-state index in [4.69, 9.17) is 0 Å². The van der Waals surface area contributed by atoms with Crippen molar-refractivity contribution in [1.82, 2.24) is 0 Å². The largest absolute Gasteiger partial charge is 0.289 e. The van der Waals surface area contributed by atoms with Gasteiger partial charge in [0.05, 0.1) is 0 Å². The summed E-state index contributed by atoms with van der Waals surface area (Å²) in [6.07, 6.45) is 0. The average Bonchev–Trinajstić information content (AvgIpc) is 2.38. The summed E-state index contributed by atoms with van der Waals surface area (Å²) in [6.45, 7) is 3.86. The molecular formula is C16H15FOS. The first-order valence-electron chi connectivity index (χ1n) is 6.15. The molecule has 2 aromatic rings. The first-order valence-corrected chi connectivity index (χ1v) is 7.13. The van der Waals surface area contributed by atoms with E-state index in [0.717, 1.165) is 16.2 Å². The first kappa shape index (κ1) is 13.8. The van der Waals surface area contributed by atoms with Gasteiger partial charge in [-0.05, 0) is 60.7 Å². The maximum atomic E-state index is 13.3. The molecule has 98 valence electrons. The van der Waals surface area contributed by atoms with Crippen LogP contribution >= 0.6 is 11.8 Å². The molecule has 2 rings (SSSR count). The summed E-state index contributed by atoms with van der Waals surface area (Å²) in [5.74, 6) is 0.480. The van der Waals surface area contributed by atoms with Crippen LogP contribution in [0.3, 0.4) is 0 Å². The number of hydrogen-bond acceptors (Lipinski definition) is 2. The molecule has 0 aliphatic rings. The monoisotopic (exact) mass is 274 g/mol. The van der Waals surface area contributed by atoms with Crippen molar-refractivity contribution in [1.29, 1.82) is 0 Å². The van der Waals surface area contributed by atoms with Gasteiger partial charge in [0.1, 0.15) is 5.82 Å². The molecule has 19 heavy (non-hydrogen) atoms. The van der Waals surface area contributed by atoms with Gasteiger partial charge in [-0.2, -0.15) is 0 Å². The Bertz CT molecular complexity index is 570. The molecule has 0 aliphatic carbocycles. The molecule has 2 aromatic carbocycles. The second kappa shape index (κ2) is 6.02. The van der Waals surface area contributed by atoms with Crippen LogP contribution in [0.25, 0.3) is 0 Å². The normalized spacial score (nSPS) is 10.5. The fourth-order valence-corrected chi connectivity index (χ4v) is 2.57. The van der Waals surface area contributed by atoms with E-state index in [0.29, 0.717) is 11.1 Å². The topological polar surface area (TPSA) is 17.1 Å². The smallest absolute Gasteiger partial charge is 0.193 e. The molecule has 0 amide bonds. The molecule has 0 atom stereocenters. The molecule has 0 saturated heterocycles. The van der Waals surface area contributed by atoms with Gasteiger partial charge in [0.15, 0.2) is 5.78 Å². The maximum Gasteiger partial charge on any atom is 0.193 e. The van der Waals surface area contributed by atoms with Gasteiger partial charge in [0.25, 0.3) is 0 Å². The van der Waals surface area contributed by atoms with Crippen LogP contribution in [0.5, 0.6) is 0 Å². The predicted molar refractivity (Wildman–Crippen MR) is 77.4 cm³/mol. The lowest BCUT2D eigenvalue weighted by atomic mass is 10.0. The van der Waals surface area contributed by atoms with Gasteiger partial charge < -0.3 is 0 Å². The van der Waals surface area contributed by atoms with Crippen molar-refractivity contribution in [3.63, 3.8) is 0 Å². The highest BCUT2D eigenvalue weighted by atomic mass is 32.2. The minimum Gasteiger partial charge on any atom is -0.289 e. The zero-order valence-corrected chi connectivity index (χ0v) is 11.8. The third-order valence-corrected chi connectivity index (χ3v) is 3.63. The molecule has 0 aliphatic heterocycles. The summed E-state index contributed by atoms with van der Waals surface area (Å²) in [5.41, 5.74) is 1.74. The summed E-state index contributed by atoms with van der Waals surface area (Å²) in [5, 5.41) is 0. The molecule has 1 nitrogen and oxygen atoms in total. The molecule has 0 saturated carbocycles.